The summed E-state index contributed by atoms with van der Waals surface area (Å²) >= 11 is 5.71. The molecule has 0 aliphatic heterocycles. The molecule has 1 aliphatic carbocycles. The molecule has 1 fully saturated rings. The Labute approximate surface area is 110 Å². The Balaban J connectivity index is 1.71. The smallest absolute Gasteiger partial charge is 0.147 e. The molecule has 3 rings (SSSR count). The fourth-order valence-electron chi connectivity index (χ4n) is 1.97. The molecule has 0 amide bonds. The number of anilines is 1. The summed E-state index contributed by atoms with van der Waals surface area (Å²) in [5.41, 5.74) is 1.54. The standard InChI is InChI=1S/C13H13ClFN3/c14-9-1-4-13(12(15)5-9)17-7-11-6-16-8-18(11)10-2-3-10/h1,4-6,8,10,17H,2-3,7H2. The van der Waals surface area contributed by atoms with Crippen molar-refractivity contribution in [2.24, 2.45) is 0 Å². The van der Waals surface area contributed by atoms with Gasteiger partial charge in [0, 0.05) is 17.3 Å². The van der Waals surface area contributed by atoms with Gasteiger partial charge < -0.3 is 9.88 Å². The lowest BCUT2D eigenvalue weighted by Gasteiger charge is -2.10. The maximum absolute atomic E-state index is 13.6. The summed E-state index contributed by atoms with van der Waals surface area (Å²) in [7, 11) is 0. The molecular formula is C13H13ClFN3. The monoisotopic (exact) mass is 265 g/mol. The number of nitrogens with one attached hydrogen (secondary N) is 1. The highest BCUT2D eigenvalue weighted by Crippen LogP contribution is 2.35. The van der Waals surface area contributed by atoms with Crippen molar-refractivity contribution in [3.05, 3.63) is 47.3 Å². The van der Waals surface area contributed by atoms with Crippen molar-refractivity contribution < 1.29 is 4.39 Å². The molecule has 1 aromatic carbocycles. The predicted octanol–water partition coefficient (Wildman–Crippen LogP) is 3.62. The zero-order valence-electron chi connectivity index (χ0n) is 9.74. The van der Waals surface area contributed by atoms with Gasteiger partial charge >= 0.3 is 0 Å². The number of benzene rings is 1. The minimum absolute atomic E-state index is 0.333. The van der Waals surface area contributed by atoms with E-state index in [9.17, 15) is 4.39 Å². The van der Waals surface area contributed by atoms with E-state index in [4.69, 9.17) is 11.6 Å². The quantitative estimate of drug-likeness (QED) is 0.915. The van der Waals surface area contributed by atoms with E-state index < -0.39 is 0 Å². The van der Waals surface area contributed by atoms with E-state index in [1.54, 1.807) is 12.1 Å². The van der Waals surface area contributed by atoms with Gasteiger partial charge in [0.05, 0.1) is 24.3 Å². The second-order valence-electron chi connectivity index (χ2n) is 4.50. The summed E-state index contributed by atoms with van der Waals surface area (Å²) in [4.78, 5) is 4.14. The first-order valence-corrected chi connectivity index (χ1v) is 6.31. The number of halogens is 2. The summed E-state index contributed by atoms with van der Waals surface area (Å²) in [5, 5.41) is 3.47. The minimum atomic E-state index is -0.333. The van der Waals surface area contributed by atoms with E-state index in [2.05, 4.69) is 14.9 Å². The minimum Gasteiger partial charge on any atom is -0.377 e. The zero-order chi connectivity index (χ0) is 12.5. The highest BCUT2D eigenvalue weighted by Gasteiger charge is 2.24. The lowest BCUT2D eigenvalue weighted by molar-refractivity contribution is 0.629. The second-order valence-corrected chi connectivity index (χ2v) is 4.94. The first-order valence-electron chi connectivity index (χ1n) is 5.93. The van der Waals surface area contributed by atoms with Crippen LogP contribution >= 0.6 is 11.6 Å². The van der Waals surface area contributed by atoms with E-state index in [0.717, 1.165) is 5.69 Å². The molecule has 5 heteroatoms. The first kappa shape index (κ1) is 11.5. The van der Waals surface area contributed by atoms with Crippen LogP contribution in [0.3, 0.4) is 0 Å². The van der Waals surface area contributed by atoms with Crippen LogP contribution < -0.4 is 5.32 Å². The van der Waals surface area contributed by atoms with Gasteiger partial charge in [-0.2, -0.15) is 0 Å². The summed E-state index contributed by atoms with van der Waals surface area (Å²) in [6, 6.07) is 5.21. The molecule has 1 aromatic heterocycles. The number of hydrogen-bond donors (Lipinski definition) is 1. The molecule has 0 spiro atoms. The molecule has 0 bridgehead atoms. The Morgan fingerprint density at radius 1 is 1.44 bits per heavy atom. The van der Waals surface area contributed by atoms with Crippen LogP contribution in [0.1, 0.15) is 24.6 Å². The highest BCUT2D eigenvalue weighted by atomic mass is 35.5. The summed E-state index contributed by atoms with van der Waals surface area (Å²) in [6.07, 6.45) is 6.07. The molecule has 3 nitrogen and oxygen atoms in total. The van der Waals surface area contributed by atoms with Crippen LogP contribution in [0, 0.1) is 5.82 Å². The van der Waals surface area contributed by atoms with Gasteiger partial charge in [-0.1, -0.05) is 11.6 Å². The Bertz CT molecular complexity index is 563. The van der Waals surface area contributed by atoms with Crippen molar-refractivity contribution in [3.8, 4) is 0 Å². The van der Waals surface area contributed by atoms with Crippen LogP contribution in [-0.2, 0) is 6.54 Å². The van der Waals surface area contributed by atoms with Crippen molar-refractivity contribution in [3.63, 3.8) is 0 Å². The molecule has 0 atom stereocenters. The lowest BCUT2D eigenvalue weighted by atomic mass is 10.3. The van der Waals surface area contributed by atoms with Crippen LogP contribution in [0.4, 0.5) is 10.1 Å². The van der Waals surface area contributed by atoms with Crippen LogP contribution in [0.2, 0.25) is 5.02 Å². The summed E-state index contributed by atoms with van der Waals surface area (Å²) in [5.74, 6) is -0.333. The van der Waals surface area contributed by atoms with Crippen LogP contribution in [0.5, 0.6) is 0 Å². The molecule has 0 saturated heterocycles. The third-order valence-electron chi connectivity index (χ3n) is 3.08. The molecule has 1 saturated carbocycles. The van der Waals surface area contributed by atoms with Crippen LogP contribution in [0.15, 0.2) is 30.7 Å². The molecule has 1 heterocycles. The van der Waals surface area contributed by atoms with Gasteiger partial charge in [-0.25, -0.2) is 9.37 Å². The first-order chi connectivity index (χ1) is 8.74. The number of rotatable bonds is 4. The van der Waals surface area contributed by atoms with Gasteiger partial charge in [0.25, 0.3) is 0 Å². The van der Waals surface area contributed by atoms with Crippen molar-refractivity contribution in [1.82, 2.24) is 9.55 Å². The highest BCUT2D eigenvalue weighted by molar-refractivity contribution is 6.30. The van der Waals surface area contributed by atoms with Crippen molar-refractivity contribution in [2.75, 3.05) is 5.32 Å². The predicted molar refractivity (Wildman–Crippen MR) is 69.2 cm³/mol. The molecule has 0 unspecified atom stereocenters. The maximum Gasteiger partial charge on any atom is 0.147 e. The SMILES string of the molecule is Fc1cc(Cl)ccc1NCc1cncn1C1CC1. The van der Waals surface area contributed by atoms with Gasteiger partial charge in [0.15, 0.2) is 0 Å². The molecule has 18 heavy (non-hydrogen) atoms. The molecule has 1 N–H and O–H groups in total. The van der Waals surface area contributed by atoms with Crippen molar-refractivity contribution in [1.29, 1.82) is 0 Å². The van der Waals surface area contributed by atoms with Gasteiger partial charge in [-0.15, -0.1) is 0 Å². The average molecular weight is 266 g/mol. The number of aromatic nitrogens is 2. The Morgan fingerprint density at radius 2 is 2.28 bits per heavy atom. The van der Waals surface area contributed by atoms with E-state index in [1.807, 2.05) is 12.5 Å². The van der Waals surface area contributed by atoms with Gasteiger partial charge in [0.1, 0.15) is 5.82 Å². The van der Waals surface area contributed by atoms with Crippen molar-refractivity contribution in [2.45, 2.75) is 25.4 Å². The third-order valence-corrected chi connectivity index (χ3v) is 3.31. The van der Waals surface area contributed by atoms with Gasteiger partial charge in [0.2, 0.25) is 0 Å². The summed E-state index contributed by atoms with van der Waals surface area (Å²) < 4.78 is 15.7. The third kappa shape index (κ3) is 2.34. The van der Waals surface area contributed by atoms with Crippen LogP contribution in [0.25, 0.3) is 0 Å². The molecule has 1 aliphatic rings. The van der Waals surface area contributed by atoms with Crippen molar-refractivity contribution >= 4 is 17.3 Å². The molecule has 0 radical (unpaired) electrons. The normalized spacial score (nSPS) is 14.8. The second kappa shape index (κ2) is 4.61. The van der Waals surface area contributed by atoms with Gasteiger partial charge in [-0.05, 0) is 31.0 Å². The number of nitrogens with zero attached hydrogens (tertiary/aromatic N) is 2. The Hall–Kier alpha value is -1.55. The Kier molecular flexibility index (Phi) is 2.96. The summed E-state index contributed by atoms with van der Waals surface area (Å²) in [6.45, 7) is 0.565. The van der Waals surface area contributed by atoms with Gasteiger partial charge in [-0.3, -0.25) is 0 Å². The molecule has 2 aromatic rings. The average Bonchev–Trinajstić information content (AvgIpc) is 3.08. The van der Waals surface area contributed by atoms with Crippen LogP contribution in [-0.4, -0.2) is 9.55 Å². The van der Waals surface area contributed by atoms with E-state index in [0.29, 0.717) is 23.3 Å². The fourth-order valence-corrected chi connectivity index (χ4v) is 2.13. The maximum atomic E-state index is 13.6. The van der Waals surface area contributed by atoms with E-state index in [-0.39, 0.29) is 5.82 Å². The topological polar surface area (TPSA) is 29.9 Å². The number of hydrogen-bond acceptors (Lipinski definition) is 2. The fraction of sp³-hybridized carbons (Fsp3) is 0.308. The lowest BCUT2D eigenvalue weighted by Crippen LogP contribution is -2.06. The van der Waals surface area contributed by atoms with E-state index in [1.165, 1.54) is 18.9 Å². The largest absolute Gasteiger partial charge is 0.377 e. The number of imidazole rings is 1. The molecular weight excluding hydrogens is 253 g/mol. The zero-order valence-corrected chi connectivity index (χ0v) is 10.5. The van der Waals surface area contributed by atoms with E-state index >= 15 is 0 Å². The molecule has 94 valence electrons. The Morgan fingerprint density at radius 3 is 3.00 bits per heavy atom.